The molecule has 2 heterocycles. The van der Waals surface area contributed by atoms with Crippen molar-refractivity contribution in [3.63, 3.8) is 0 Å². The lowest BCUT2D eigenvalue weighted by molar-refractivity contribution is -0.197. The van der Waals surface area contributed by atoms with Crippen molar-refractivity contribution in [1.82, 2.24) is 0 Å². The summed E-state index contributed by atoms with van der Waals surface area (Å²) >= 11 is 0. The maximum Gasteiger partial charge on any atom is 0.338 e. The van der Waals surface area contributed by atoms with E-state index in [1.807, 2.05) is 24.3 Å². The molecule has 0 amide bonds. The number of aliphatic hydroxyl groups is 1. The molecule has 1 unspecified atom stereocenters. The Hall–Kier alpha value is -2.18. The monoisotopic (exact) mass is 454 g/mol. The molecule has 6 nitrogen and oxygen atoms in total. The first kappa shape index (κ1) is 22.6. The van der Waals surface area contributed by atoms with Gasteiger partial charge in [0.25, 0.3) is 0 Å². The van der Waals surface area contributed by atoms with E-state index in [-0.39, 0.29) is 47.5 Å². The molecule has 4 aliphatic rings. The molecular weight excluding hydrogens is 420 g/mol. The van der Waals surface area contributed by atoms with Crippen LogP contribution in [0.5, 0.6) is 0 Å². The summed E-state index contributed by atoms with van der Waals surface area (Å²) in [5.41, 5.74) is 0.236. The van der Waals surface area contributed by atoms with Crippen molar-refractivity contribution in [3.05, 3.63) is 47.5 Å². The second kappa shape index (κ2) is 7.95. The van der Waals surface area contributed by atoms with Gasteiger partial charge in [0.15, 0.2) is 0 Å². The highest BCUT2D eigenvalue weighted by molar-refractivity contribution is 5.91. The van der Waals surface area contributed by atoms with E-state index in [9.17, 15) is 14.7 Å². The van der Waals surface area contributed by atoms with Crippen LogP contribution in [0.2, 0.25) is 0 Å². The van der Waals surface area contributed by atoms with Crippen molar-refractivity contribution in [2.24, 2.45) is 22.7 Å². The average molecular weight is 455 g/mol. The quantitative estimate of drug-likeness (QED) is 0.691. The number of benzene rings is 1. The van der Waals surface area contributed by atoms with Crippen molar-refractivity contribution in [3.8, 4) is 0 Å². The number of esters is 2. The van der Waals surface area contributed by atoms with Crippen LogP contribution < -0.4 is 0 Å². The van der Waals surface area contributed by atoms with Crippen LogP contribution in [0.25, 0.3) is 0 Å². The fourth-order valence-corrected chi connectivity index (χ4v) is 7.47. The molecule has 178 valence electrons. The Labute approximate surface area is 195 Å². The predicted molar refractivity (Wildman–Crippen MR) is 121 cm³/mol. The Balaban J connectivity index is 1.38. The zero-order valence-corrected chi connectivity index (χ0v) is 19.7. The van der Waals surface area contributed by atoms with E-state index in [0.29, 0.717) is 24.2 Å². The van der Waals surface area contributed by atoms with Crippen LogP contribution in [0.1, 0.15) is 63.2 Å². The van der Waals surface area contributed by atoms with Gasteiger partial charge in [-0.05, 0) is 74.5 Å². The normalized spacial score (nSPS) is 42.2. The molecule has 2 aliphatic heterocycles. The van der Waals surface area contributed by atoms with Crippen LogP contribution in [0.4, 0.5) is 0 Å². The van der Waals surface area contributed by atoms with Crippen molar-refractivity contribution >= 4 is 11.9 Å². The molecule has 1 saturated heterocycles. The Bertz CT molecular complexity index is 972. The largest absolute Gasteiger partial charge is 0.461 e. The molecule has 5 rings (SSSR count). The fraction of sp³-hybridized carbons (Fsp3) is 0.630. The number of hydrogen-bond acceptors (Lipinski definition) is 6. The smallest absolute Gasteiger partial charge is 0.338 e. The van der Waals surface area contributed by atoms with Crippen LogP contribution in [-0.2, 0) is 19.0 Å². The Morgan fingerprint density at radius 2 is 1.88 bits per heavy atom. The van der Waals surface area contributed by atoms with Gasteiger partial charge in [-0.1, -0.05) is 32.0 Å². The van der Waals surface area contributed by atoms with E-state index in [4.69, 9.17) is 14.2 Å². The minimum absolute atomic E-state index is 0.0854. The first-order chi connectivity index (χ1) is 15.7. The molecule has 2 saturated carbocycles. The van der Waals surface area contributed by atoms with Gasteiger partial charge in [-0.25, -0.2) is 9.59 Å². The zero-order chi connectivity index (χ0) is 23.4. The van der Waals surface area contributed by atoms with Crippen molar-refractivity contribution in [2.45, 2.75) is 70.7 Å². The van der Waals surface area contributed by atoms with Gasteiger partial charge in [0.1, 0.15) is 6.61 Å². The molecule has 0 aromatic heterocycles. The van der Waals surface area contributed by atoms with Gasteiger partial charge < -0.3 is 19.3 Å². The van der Waals surface area contributed by atoms with E-state index in [1.165, 1.54) is 0 Å². The fourth-order valence-electron chi connectivity index (χ4n) is 7.47. The van der Waals surface area contributed by atoms with Crippen LogP contribution >= 0.6 is 0 Å². The summed E-state index contributed by atoms with van der Waals surface area (Å²) in [7, 11) is 0. The maximum atomic E-state index is 12.7. The van der Waals surface area contributed by atoms with E-state index in [2.05, 4.69) is 20.8 Å². The van der Waals surface area contributed by atoms with Gasteiger partial charge in [0.2, 0.25) is 0 Å². The summed E-state index contributed by atoms with van der Waals surface area (Å²) in [5.74, 6) is -0.185. The van der Waals surface area contributed by atoms with Crippen LogP contribution in [0, 0.1) is 22.7 Å². The minimum atomic E-state index is -0.539. The third kappa shape index (κ3) is 3.53. The molecule has 3 fully saturated rings. The van der Waals surface area contributed by atoms with Gasteiger partial charge in [-0.15, -0.1) is 0 Å². The number of carbonyl (C=O) groups is 2. The highest BCUT2D eigenvalue weighted by Gasteiger charge is 2.65. The molecule has 33 heavy (non-hydrogen) atoms. The van der Waals surface area contributed by atoms with Crippen LogP contribution in [0.15, 0.2) is 42.0 Å². The van der Waals surface area contributed by atoms with Crippen LogP contribution in [-0.4, -0.2) is 48.1 Å². The Kier molecular flexibility index (Phi) is 5.44. The summed E-state index contributed by atoms with van der Waals surface area (Å²) < 4.78 is 17.5. The lowest BCUT2D eigenvalue weighted by Crippen LogP contribution is -2.61. The van der Waals surface area contributed by atoms with Crippen LogP contribution in [0.3, 0.4) is 0 Å². The molecule has 1 aromatic carbocycles. The van der Waals surface area contributed by atoms with Gasteiger partial charge >= 0.3 is 11.9 Å². The number of ether oxygens (including phenoxy) is 3. The Morgan fingerprint density at radius 3 is 2.58 bits per heavy atom. The number of rotatable bonds is 4. The number of fused-ring (bicyclic) bond motifs is 3. The molecule has 1 N–H and O–H groups in total. The first-order valence-corrected chi connectivity index (χ1v) is 12.1. The summed E-state index contributed by atoms with van der Waals surface area (Å²) in [6.07, 6.45) is 5.15. The molecule has 1 aromatic rings. The standard InChI is InChI=1S/C27H34O6/c1-25-12-10-22(28)26(2,16-32-23(29)17-7-5-4-6-8-17)20(25)9-13-27(3)21(25)15-19(33-27)18-11-14-31-24(18)30/h4-8,11,19-22,28H,9-10,12-16H2,1-3H3/t19?,20-,21-,22+,25+,26-,27+/m0/s1. The molecule has 7 atom stereocenters. The number of cyclic esters (lactones) is 1. The Morgan fingerprint density at radius 1 is 1.12 bits per heavy atom. The first-order valence-electron chi connectivity index (χ1n) is 12.1. The highest BCUT2D eigenvalue weighted by Crippen LogP contribution is 2.66. The second-order valence-electron chi connectivity index (χ2n) is 11.1. The number of carbonyl (C=O) groups excluding carboxylic acids is 2. The van der Waals surface area contributed by atoms with E-state index in [1.54, 1.807) is 12.1 Å². The topological polar surface area (TPSA) is 82.1 Å². The SMILES string of the molecule is C[C@]1(COC(=O)c2ccccc2)[C@H]2CC[C@@]3(C)OC(C4=CCOC4=O)C[C@H]3[C@]2(C)CC[C@H]1O. The lowest BCUT2D eigenvalue weighted by Gasteiger charge is -2.61. The summed E-state index contributed by atoms with van der Waals surface area (Å²) in [5, 5.41) is 11.1. The minimum Gasteiger partial charge on any atom is -0.461 e. The second-order valence-corrected chi connectivity index (χ2v) is 11.1. The summed E-state index contributed by atoms with van der Waals surface area (Å²) in [6, 6.07) is 9.00. The molecular formula is C27H34O6. The van der Waals surface area contributed by atoms with Crippen molar-refractivity contribution < 1.29 is 28.9 Å². The van der Waals surface area contributed by atoms with Gasteiger partial charge in [0, 0.05) is 5.41 Å². The molecule has 0 radical (unpaired) electrons. The molecule has 0 spiro atoms. The molecule has 6 heteroatoms. The van der Waals surface area contributed by atoms with Crippen molar-refractivity contribution in [2.75, 3.05) is 13.2 Å². The zero-order valence-electron chi connectivity index (χ0n) is 19.7. The molecule has 0 bridgehead atoms. The summed E-state index contributed by atoms with van der Waals surface area (Å²) in [6.45, 7) is 7.08. The van der Waals surface area contributed by atoms with E-state index >= 15 is 0 Å². The van der Waals surface area contributed by atoms with E-state index < -0.39 is 11.5 Å². The third-order valence-electron chi connectivity index (χ3n) is 9.26. The van der Waals surface area contributed by atoms with Gasteiger partial charge in [-0.3, -0.25) is 0 Å². The third-order valence-corrected chi connectivity index (χ3v) is 9.26. The maximum absolute atomic E-state index is 12.7. The number of hydrogen-bond donors (Lipinski definition) is 1. The predicted octanol–water partition coefficient (Wildman–Crippen LogP) is 4.07. The van der Waals surface area contributed by atoms with Gasteiger partial charge in [-0.2, -0.15) is 0 Å². The van der Waals surface area contributed by atoms with Crippen molar-refractivity contribution in [1.29, 1.82) is 0 Å². The highest BCUT2D eigenvalue weighted by atomic mass is 16.6. The number of aliphatic hydroxyl groups excluding tert-OH is 1. The summed E-state index contributed by atoms with van der Waals surface area (Å²) in [4.78, 5) is 24.9. The lowest BCUT2D eigenvalue weighted by atomic mass is 9.44. The van der Waals surface area contributed by atoms with E-state index in [0.717, 1.165) is 25.7 Å². The molecule has 2 aliphatic carbocycles. The van der Waals surface area contributed by atoms with Gasteiger partial charge in [0.05, 0.1) is 35.6 Å². The average Bonchev–Trinajstić information content (AvgIpc) is 3.39.